The average Bonchev–Trinajstić information content (AvgIpc) is 3.74. The Morgan fingerprint density at radius 2 is 1.84 bits per heavy atom. The van der Waals surface area contributed by atoms with Gasteiger partial charge in [0.2, 0.25) is 0 Å². The van der Waals surface area contributed by atoms with E-state index in [1.807, 2.05) is 30.7 Å². The van der Waals surface area contributed by atoms with Crippen molar-refractivity contribution in [2.45, 2.75) is 32.2 Å². The zero-order valence-corrected chi connectivity index (χ0v) is 20.4. The fourth-order valence-corrected chi connectivity index (χ4v) is 5.45. The maximum Gasteiger partial charge on any atom is 0.116 e. The summed E-state index contributed by atoms with van der Waals surface area (Å²) in [6, 6.07) is 10.2. The highest BCUT2D eigenvalue weighted by Crippen LogP contribution is 2.34. The lowest BCUT2D eigenvalue weighted by Gasteiger charge is -2.11. The second-order valence-electron chi connectivity index (χ2n) is 9.87. The number of aromatic amines is 2. The smallest absolute Gasteiger partial charge is 0.116 e. The second kappa shape index (κ2) is 9.29. The van der Waals surface area contributed by atoms with Gasteiger partial charge in [0.05, 0.1) is 41.3 Å². The van der Waals surface area contributed by atoms with Crippen molar-refractivity contribution in [3.05, 3.63) is 73.2 Å². The molecule has 1 saturated carbocycles. The van der Waals surface area contributed by atoms with Crippen LogP contribution in [-0.2, 0) is 6.54 Å². The van der Waals surface area contributed by atoms with Gasteiger partial charge in [-0.25, -0.2) is 0 Å². The van der Waals surface area contributed by atoms with E-state index in [0.717, 1.165) is 74.7 Å². The van der Waals surface area contributed by atoms with Crippen LogP contribution in [0.15, 0.2) is 72.1 Å². The Bertz CT molecular complexity index is 1680. The number of hydrogen-bond acceptors (Lipinski definition) is 6. The molecule has 1 fully saturated rings. The Kier molecular flexibility index (Phi) is 5.51. The molecule has 37 heavy (non-hydrogen) atoms. The molecule has 1 aliphatic carbocycles. The van der Waals surface area contributed by atoms with Gasteiger partial charge < -0.3 is 14.7 Å². The number of H-pyrrole nitrogens is 2. The monoisotopic (exact) mass is 489 g/mol. The first-order chi connectivity index (χ1) is 18.3. The number of hydrogen-bond donors (Lipinski definition) is 3. The Labute approximate surface area is 213 Å². The molecule has 0 amide bonds. The molecular formula is C29H27N7O. The Morgan fingerprint density at radius 3 is 2.73 bits per heavy atom. The van der Waals surface area contributed by atoms with E-state index >= 15 is 0 Å². The van der Waals surface area contributed by atoms with Crippen LogP contribution in [0.2, 0.25) is 0 Å². The third-order valence-electron chi connectivity index (χ3n) is 7.37. The fourth-order valence-electron chi connectivity index (χ4n) is 5.45. The zero-order valence-electron chi connectivity index (χ0n) is 20.4. The molecule has 8 nitrogen and oxygen atoms in total. The summed E-state index contributed by atoms with van der Waals surface area (Å²) in [5.41, 5.74) is 8.49. The van der Waals surface area contributed by atoms with Crippen LogP contribution in [0.4, 0.5) is 0 Å². The molecule has 6 heterocycles. The molecule has 0 radical (unpaired) electrons. The number of furan rings is 1. The van der Waals surface area contributed by atoms with Crippen LogP contribution >= 0.6 is 0 Å². The third kappa shape index (κ3) is 4.19. The normalized spacial score (nSPS) is 14.3. The van der Waals surface area contributed by atoms with Crippen LogP contribution in [0.25, 0.3) is 55.7 Å². The number of nitrogens with one attached hydrogen (secondary N) is 3. The van der Waals surface area contributed by atoms with Gasteiger partial charge in [-0.2, -0.15) is 5.10 Å². The summed E-state index contributed by atoms with van der Waals surface area (Å²) in [4.78, 5) is 17.3. The van der Waals surface area contributed by atoms with Crippen molar-refractivity contribution in [1.82, 2.24) is 35.5 Å². The first-order valence-electron chi connectivity index (χ1n) is 12.8. The van der Waals surface area contributed by atoms with Crippen molar-refractivity contribution in [3.63, 3.8) is 0 Å². The first-order valence-corrected chi connectivity index (χ1v) is 12.8. The Balaban J connectivity index is 1.20. The second-order valence-corrected chi connectivity index (χ2v) is 9.87. The summed E-state index contributed by atoms with van der Waals surface area (Å²) in [5, 5.41) is 13.4. The van der Waals surface area contributed by atoms with Crippen molar-refractivity contribution in [2.75, 3.05) is 6.54 Å². The summed E-state index contributed by atoms with van der Waals surface area (Å²) in [5.74, 6) is 0.816. The maximum atomic E-state index is 5.28. The Morgan fingerprint density at radius 1 is 0.919 bits per heavy atom. The van der Waals surface area contributed by atoms with E-state index in [0.29, 0.717) is 0 Å². The lowest BCUT2D eigenvalue weighted by molar-refractivity contribution is 0.489. The molecule has 0 aromatic carbocycles. The lowest BCUT2D eigenvalue weighted by atomic mass is 10.1. The van der Waals surface area contributed by atoms with E-state index in [1.54, 1.807) is 18.7 Å². The molecule has 0 aliphatic heterocycles. The number of rotatable bonds is 7. The van der Waals surface area contributed by atoms with Crippen LogP contribution < -0.4 is 5.32 Å². The van der Waals surface area contributed by atoms with Crippen LogP contribution in [0.1, 0.15) is 31.2 Å². The van der Waals surface area contributed by atoms with Crippen LogP contribution in [0.3, 0.4) is 0 Å². The van der Waals surface area contributed by atoms with Crippen LogP contribution in [0.5, 0.6) is 0 Å². The van der Waals surface area contributed by atoms with Crippen molar-refractivity contribution in [3.8, 4) is 33.9 Å². The molecule has 0 unspecified atom stereocenters. The van der Waals surface area contributed by atoms with Gasteiger partial charge in [-0.05, 0) is 61.2 Å². The molecule has 7 rings (SSSR count). The lowest BCUT2D eigenvalue weighted by Crippen LogP contribution is -2.20. The maximum absolute atomic E-state index is 5.28. The number of pyridine rings is 3. The van der Waals surface area contributed by atoms with Crippen LogP contribution in [-0.4, -0.2) is 36.7 Å². The van der Waals surface area contributed by atoms with E-state index in [9.17, 15) is 0 Å². The Hall–Kier alpha value is -4.30. The van der Waals surface area contributed by atoms with Gasteiger partial charge in [-0.1, -0.05) is 12.8 Å². The highest BCUT2D eigenvalue weighted by atomic mass is 16.3. The highest BCUT2D eigenvalue weighted by Gasteiger charge is 2.16. The molecule has 3 N–H and O–H groups in total. The first kappa shape index (κ1) is 21.9. The summed E-state index contributed by atoms with van der Waals surface area (Å²) >= 11 is 0. The number of fused-ring (bicyclic) bond motifs is 2. The van der Waals surface area contributed by atoms with E-state index in [-0.39, 0.29) is 0 Å². The number of aromatic nitrogens is 6. The molecular weight excluding hydrogens is 462 g/mol. The quantitative estimate of drug-likeness (QED) is 0.250. The summed E-state index contributed by atoms with van der Waals surface area (Å²) in [6.45, 7) is 1.90. The minimum atomic E-state index is 0.816. The summed E-state index contributed by atoms with van der Waals surface area (Å²) in [6.07, 6.45) is 16.3. The van der Waals surface area contributed by atoms with E-state index in [1.165, 1.54) is 31.2 Å². The molecule has 0 spiro atoms. The van der Waals surface area contributed by atoms with Crippen LogP contribution in [0, 0.1) is 5.92 Å². The molecule has 8 heteroatoms. The van der Waals surface area contributed by atoms with Gasteiger partial charge in [-0.15, -0.1) is 0 Å². The van der Waals surface area contributed by atoms with Crippen molar-refractivity contribution in [2.24, 2.45) is 5.92 Å². The van der Waals surface area contributed by atoms with Crippen molar-refractivity contribution < 1.29 is 4.42 Å². The minimum Gasteiger partial charge on any atom is -0.472 e. The van der Waals surface area contributed by atoms with Gasteiger partial charge in [0.1, 0.15) is 5.69 Å². The van der Waals surface area contributed by atoms with Gasteiger partial charge in [-0.3, -0.25) is 20.1 Å². The molecule has 0 bridgehead atoms. The summed E-state index contributed by atoms with van der Waals surface area (Å²) < 4.78 is 5.28. The highest BCUT2D eigenvalue weighted by molar-refractivity contribution is 6.00. The van der Waals surface area contributed by atoms with E-state index < -0.39 is 0 Å². The molecule has 0 atom stereocenters. The average molecular weight is 490 g/mol. The predicted octanol–water partition coefficient (Wildman–Crippen LogP) is 6.10. The molecule has 6 aromatic heterocycles. The standard InChI is InChI=1S/C29H27N7O/c1-2-4-18(3-1)12-30-13-19-9-21(15-31-14-19)25-10-23-27(16-33-25)35-36-29(23)26-11-22-24(34-26)5-7-32-28(22)20-6-8-37-17-20/h5-11,14-18,30,34H,1-4,12-13H2,(H,35,36). The van der Waals surface area contributed by atoms with Gasteiger partial charge >= 0.3 is 0 Å². The van der Waals surface area contributed by atoms with Crippen molar-refractivity contribution in [1.29, 1.82) is 0 Å². The van der Waals surface area contributed by atoms with Gasteiger partial charge in [0.25, 0.3) is 0 Å². The fraction of sp³-hybridized carbons (Fsp3) is 0.241. The third-order valence-corrected chi connectivity index (χ3v) is 7.37. The van der Waals surface area contributed by atoms with Gasteiger partial charge in [0, 0.05) is 52.6 Å². The minimum absolute atomic E-state index is 0.816. The number of nitrogens with zero attached hydrogens (tertiary/aromatic N) is 4. The largest absolute Gasteiger partial charge is 0.472 e. The summed E-state index contributed by atoms with van der Waals surface area (Å²) in [7, 11) is 0. The topological polar surface area (TPSA) is 108 Å². The molecule has 0 saturated heterocycles. The van der Waals surface area contributed by atoms with E-state index in [2.05, 4.69) is 48.7 Å². The molecule has 6 aromatic rings. The molecule has 184 valence electrons. The SMILES string of the molecule is c1cc2[nH]c(-c3n[nH]c4cnc(-c5cncc(CNCC6CCCC6)c5)cc34)cc2c(-c2ccoc2)n1. The zero-order chi connectivity index (χ0) is 24.6. The van der Waals surface area contributed by atoms with E-state index in [4.69, 9.17) is 9.40 Å². The predicted molar refractivity (Wildman–Crippen MR) is 144 cm³/mol. The van der Waals surface area contributed by atoms with Crippen molar-refractivity contribution >= 4 is 21.8 Å². The van der Waals surface area contributed by atoms with Gasteiger partial charge in [0.15, 0.2) is 0 Å². The molecule has 1 aliphatic rings.